The third kappa shape index (κ3) is 4.24. The molecule has 0 atom stereocenters. The standard InChI is InChI=1S/C13H15BrClN3S/c1-2-16-7-3-4-12-17-18-13(19-12)10-6-5-9(14)8-11(10)15/h5-6,8,16H,2-4,7H2,1H3. The molecular weight excluding hydrogens is 346 g/mol. The molecule has 1 aromatic heterocycles. The van der Waals surface area contributed by atoms with Crippen LogP contribution in [0.4, 0.5) is 0 Å². The summed E-state index contributed by atoms with van der Waals surface area (Å²) in [4.78, 5) is 0. The van der Waals surface area contributed by atoms with Gasteiger partial charge in [0, 0.05) is 16.5 Å². The zero-order valence-electron chi connectivity index (χ0n) is 10.6. The van der Waals surface area contributed by atoms with Gasteiger partial charge in [0.1, 0.15) is 10.0 Å². The molecule has 0 aliphatic carbocycles. The minimum atomic E-state index is 0.699. The summed E-state index contributed by atoms with van der Waals surface area (Å²) >= 11 is 11.2. The fraction of sp³-hybridized carbons (Fsp3) is 0.385. The maximum Gasteiger partial charge on any atom is 0.149 e. The lowest BCUT2D eigenvalue weighted by atomic mass is 10.2. The molecule has 3 nitrogen and oxygen atoms in total. The minimum Gasteiger partial charge on any atom is -0.317 e. The van der Waals surface area contributed by atoms with Crippen molar-refractivity contribution in [3.05, 3.63) is 32.7 Å². The second-order valence-electron chi connectivity index (χ2n) is 4.08. The molecule has 0 bridgehead atoms. The number of nitrogens with zero attached hydrogens (tertiary/aromatic N) is 2. The van der Waals surface area contributed by atoms with Crippen molar-refractivity contribution in [2.75, 3.05) is 13.1 Å². The molecule has 1 N–H and O–H groups in total. The molecule has 1 heterocycles. The first-order valence-electron chi connectivity index (χ1n) is 6.19. The number of benzene rings is 1. The molecule has 0 spiro atoms. The summed E-state index contributed by atoms with van der Waals surface area (Å²) < 4.78 is 0.969. The van der Waals surface area contributed by atoms with Crippen LogP contribution in [0.1, 0.15) is 18.4 Å². The van der Waals surface area contributed by atoms with E-state index < -0.39 is 0 Å². The van der Waals surface area contributed by atoms with E-state index in [1.54, 1.807) is 11.3 Å². The van der Waals surface area contributed by atoms with Crippen molar-refractivity contribution < 1.29 is 0 Å². The lowest BCUT2D eigenvalue weighted by Gasteiger charge is -1.99. The van der Waals surface area contributed by atoms with Gasteiger partial charge in [0.2, 0.25) is 0 Å². The van der Waals surface area contributed by atoms with Crippen molar-refractivity contribution >= 4 is 38.9 Å². The Hall–Kier alpha value is -0.490. The van der Waals surface area contributed by atoms with E-state index in [2.05, 4.69) is 38.4 Å². The third-order valence-corrected chi connectivity index (χ3v) is 4.44. The third-order valence-electron chi connectivity index (χ3n) is 2.62. The average Bonchev–Trinajstić information content (AvgIpc) is 2.83. The number of nitrogens with one attached hydrogen (secondary N) is 1. The van der Waals surface area contributed by atoms with Crippen molar-refractivity contribution in [2.45, 2.75) is 19.8 Å². The molecule has 0 radical (unpaired) electrons. The minimum absolute atomic E-state index is 0.699. The van der Waals surface area contributed by atoms with Crippen LogP contribution in [0.3, 0.4) is 0 Å². The Morgan fingerprint density at radius 1 is 1.37 bits per heavy atom. The molecule has 19 heavy (non-hydrogen) atoms. The lowest BCUT2D eigenvalue weighted by Crippen LogP contribution is -2.14. The van der Waals surface area contributed by atoms with Crippen LogP contribution in [0.5, 0.6) is 0 Å². The Morgan fingerprint density at radius 2 is 2.21 bits per heavy atom. The van der Waals surface area contributed by atoms with Crippen molar-refractivity contribution in [3.8, 4) is 10.6 Å². The van der Waals surface area contributed by atoms with Gasteiger partial charge in [-0.25, -0.2) is 0 Å². The molecule has 0 aliphatic heterocycles. The number of hydrogen-bond donors (Lipinski definition) is 1. The molecule has 0 saturated heterocycles. The molecular formula is C13H15BrClN3S. The maximum absolute atomic E-state index is 6.22. The number of aryl methyl sites for hydroxylation is 1. The number of halogens is 2. The van der Waals surface area contributed by atoms with Crippen molar-refractivity contribution in [3.63, 3.8) is 0 Å². The Morgan fingerprint density at radius 3 is 2.95 bits per heavy atom. The quantitative estimate of drug-likeness (QED) is 0.786. The Labute approximate surface area is 130 Å². The van der Waals surface area contributed by atoms with E-state index in [1.165, 1.54) is 0 Å². The highest BCUT2D eigenvalue weighted by molar-refractivity contribution is 9.10. The predicted octanol–water partition coefficient (Wildman–Crippen LogP) is 4.16. The van der Waals surface area contributed by atoms with Crippen molar-refractivity contribution in [1.29, 1.82) is 0 Å². The normalized spacial score (nSPS) is 10.9. The summed E-state index contributed by atoms with van der Waals surface area (Å²) in [5.74, 6) is 0. The Balaban J connectivity index is 2.04. The molecule has 0 amide bonds. The summed E-state index contributed by atoms with van der Waals surface area (Å²) in [5.41, 5.74) is 0.945. The summed E-state index contributed by atoms with van der Waals surface area (Å²) in [6.45, 7) is 4.14. The van der Waals surface area contributed by atoms with Gasteiger partial charge >= 0.3 is 0 Å². The fourth-order valence-electron chi connectivity index (χ4n) is 1.67. The lowest BCUT2D eigenvalue weighted by molar-refractivity contribution is 0.669. The molecule has 0 fully saturated rings. The molecule has 2 rings (SSSR count). The largest absolute Gasteiger partial charge is 0.317 e. The first-order valence-corrected chi connectivity index (χ1v) is 8.18. The van der Waals surface area contributed by atoms with Crippen LogP contribution >= 0.6 is 38.9 Å². The van der Waals surface area contributed by atoms with Crippen LogP contribution in [0.15, 0.2) is 22.7 Å². The van der Waals surface area contributed by atoms with Crippen molar-refractivity contribution in [1.82, 2.24) is 15.5 Å². The Bertz CT molecular complexity index is 544. The van der Waals surface area contributed by atoms with E-state index in [0.717, 1.165) is 46.0 Å². The van der Waals surface area contributed by atoms with E-state index in [4.69, 9.17) is 11.6 Å². The zero-order valence-corrected chi connectivity index (χ0v) is 13.8. The monoisotopic (exact) mass is 359 g/mol. The molecule has 6 heteroatoms. The van der Waals surface area contributed by atoms with E-state index >= 15 is 0 Å². The highest BCUT2D eigenvalue weighted by Crippen LogP contribution is 2.32. The predicted molar refractivity (Wildman–Crippen MR) is 84.9 cm³/mol. The first-order chi connectivity index (χ1) is 9.20. The summed E-state index contributed by atoms with van der Waals surface area (Å²) in [6, 6.07) is 5.81. The summed E-state index contributed by atoms with van der Waals surface area (Å²) in [7, 11) is 0. The van der Waals surface area contributed by atoms with E-state index in [1.807, 2.05) is 18.2 Å². The van der Waals surface area contributed by atoms with Crippen LogP contribution in [0, 0.1) is 0 Å². The van der Waals surface area contributed by atoms with Gasteiger partial charge in [-0.05, 0) is 37.7 Å². The molecule has 1 aromatic carbocycles. The second-order valence-corrected chi connectivity index (χ2v) is 6.47. The van der Waals surface area contributed by atoms with Crippen LogP contribution in [0.2, 0.25) is 5.02 Å². The fourth-order valence-corrected chi connectivity index (χ4v) is 3.41. The number of rotatable bonds is 6. The smallest absolute Gasteiger partial charge is 0.149 e. The molecule has 0 unspecified atom stereocenters. The van der Waals surface area contributed by atoms with Crippen LogP contribution in [-0.4, -0.2) is 23.3 Å². The zero-order chi connectivity index (χ0) is 13.7. The topological polar surface area (TPSA) is 37.8 Å². The van der Waals surface area contributed by atoms with Gasteiger partial charge < -0.3 is 5.32 Å². The summed E-state index contributed by atoms with van der Waals surface area (Å²) in [6.07, 6.45) is 2.04. The maximum atomic E-state index is 6.22. The summed E-state index contributed by atoms with van der Waals surface area (Å²) in [5, 5.41) is 14.4. The van der Waals surface area contributed by atoms with Gasteiger partial charge in [-0.15, -0.1) is 10.2 Å². The van der Waals surface area contributed by atoms with E-state index in [-0.39, 0.29) is 0 Å². The second kappa shape index (κ2) is 7.33. The highest BCUT2D eigenvalue weighted by atomic mass is 79.9. The van der Waals surface area contributed by atoms with Crippen LogP contribution in [0.25, 0.3) is 10.6 Å². The van der Waals surface area contributed by atoms with Gasteiger partial charge in [-0.1, -0.05) is 45.8 Å². The van der Waals surface area contributed by atoms with Crippen LogP contribution in [-0.2, 0) is 6.42 Å². The molecule has 0 aliphatic rings. The highest BCUT2D eigenvalue weighted by Gasteiger charge is 2.10. The van der Waals surface area contributed by atoms with E-state index in [9.17, 15) is 0 Å². The van der Waals surface area contributed by atoms with Gasteiger partial charge in [0.15, 0.2) is 0 Å². The molecule has 2 aromatic rings. The molecule has 102 valence electrons. The van der Waals surface area contributed by atoms with Gasteiger partial charge in [0.25, 0.3) is 0 Å². The number of aromatic nitrogens is 2. The van der Waals surface area contributed by atoms with Crippen LogP contribution < -0.4 is 5.32 Å². The van der Waals surface area contributed by atoms with Gasteiger partial charge in [-0.3, -0.25) is 0 Å². The van der Waals surface area contributed by atoms with E-state index in [0.29, 0.717) is 5.02 Å². The SMILES string of the molecule is CCNCCCc1nnc(-c2ccc(Br)cc2Cl)s1. The molecule has 0 saturated carbocycles. The van der Waals surface area contributed by atoms with Gasteiger partial charge in [-0.2, -0.15) is 0 Å². The number of hydrogen-bond acceptors (Lipinski definition) is 4. The Kier molecular flexibility index (Phi) is 5.76. The van der Waals surface area contributed by atoms with Gasteiger partial charge in [0.05, 0.1) is 5.02 Å². The van der Waals surface area contributed by atoms with Crippen molar-refractivity contribution in [2.24, 2.45) is 0 Å². The first kappa shape index (κ1) is 14.9. The average molecular weight is 361 g/mol.